The SMILES string of the molecule is C[Si](C)(CCP(=O)(c1ccccc1)c1ccccc1)N[Si](C)(C)CCP(=O)(c1ccccc1)c1ccccc1. The second-order valence-electron chi connectivity index (χ2n) is 11.7. The van der Waals surface area contributed by atoms with Gasteiger partial charge in [-0.15, -0.1) is 0 Å². The first-order chi connectivity index (χ1) is 18.5. The zero-order valence-corrected chi connectivity index (χ0v) is 27.4. The van der Waals surface area contributed by atoms with Gasteiger partial charge in [0.05, 0.1) is 0 Å². The summed E-state index contributed by atoms with van der Waals surface area (Å²) >= 11 is 0. The van der Waals surface area contributed by atoms with Crippen LogP contribution in [0, 0.1) is 0 Å². The molecular weight excluding hydrogens is 548 g/mol. The number of hydrogen-bond acceptors (Lipinski definition) is 3. The molecule has 0 aliphatic rings. The van der Waals surface area contributed by atoms with Crippen molar-refractivity contribution in [3.05, 3.63) is 121 Å². The molecule has 0 aliphatic carbocycles. The molecule has 0 radical (unpaired) electrons. The number of rotatable bonds is 12. The van der Waals surface area contributed by atoms with E-state index in [9.17, 15) is 9.13 Å². The third-order valence-corrected chi connectivity index (χ3v) is 23.0. The Hall–Kier alpha value is -2.27. The third-order valence-electron chi connectivity index (χ3n) is 7.47. The molecule has 4 aromatic rings. The van der Waals surface area contributed by atoms with Crippen LogP contribution in [0.4, 0.5) is 0 Å². The van der Waals surface area contributed by atoms with E-state index in [4.69, 9.17) is 0 Å². The van der Waals surface area contributed by atoms with Crippen molar-refractivity contribution in [2.45, 2.75) is 38.3 Å². The minimum absolute atomic E-state index is 0.657. The van der Waals surface area contributed by atoms with Crippen LogP contribution in [0.1, 0.15) is 0 Å². The van der Waals surface area contributed by atoms with Crippen LogP contribution in [0.15, 0.2) is 121 Å². The van der Waals surface area contributed by atoms with E-state index in [0.717, 1.165) is 33.3 Å². The second-order valence-corrected chi connectivity index (χ2v) is 27.1. The highest BCUT2D eigenvalue weighted by Crippen LogP contribution is 2.46. The van der Waals surface area contributed by atoms with Crippen LogP contribution in [0.3, 0.4) is 0 Å². The smallest absolute Gasteiger partial charge is 0.143 e. The summed E-state index contributed by atoms with van der Waals surface area (Å²) in [5.41, 5.74) is 0. The molecule has 4 aromatic carbocycles. The van der Waals surface area contributed by atoms with Crippen LogP contribution in [0.5, 0.6) is 0 Å². The zero-order chi connectivity index (χ0) is 28.0. The van der Waals surface area contributed by atoms with Gasteiger partial charge in [-0.05, 0) is 12.1 Å². The highest BCUT2D eigenvalue weighted by atomic mass is 31.2. The summed E-state index contributed by atoms with van der Waals surface area (Å²) in [6.45, 7) is 9.43. The second kappa shape index (κ2) is 12.5. The van der Waals surface area contributed by atoms with Gasteiger partial charge in [0.1, 0.15) is 30.8 Å². The minimum Gasteiger partial charge on any atom is -0.359 e. The van der Waals surface area contributed by atoms with Gasteiger partial charge in [0, 0.05) is 33.5 Å². The topological polar surface area (TPSA) is 46.2 Å². The van der Waals surface area contributed by atoms with Gasteiger partial charge < -0.3 is 13.8 Å². The minimum atomic E-state index is -2.74. The van der Waals surface area contributed by atoms with E-state index in [2.05, 4.69) is 30.8 Å². The van der Waals surface area contributed by atoms with Crippen molar-refractivity contribution < 1.29 is 9.13 Å². The summed E-state index contributed by atoms with van der Waals surface area (Å²) in [5.74, 6) is 0. The maximum absolute atomic E-state index is 14.6. The van der Waals surface area contributed by atoms with Crippen LogP contribution in [-0.4, -0.2) is 28.8 Å². The first-order valence-electron chi connectivity index (χ1n) is 13.7. The van der Waals surface area contributed by atoms with Crippen molar-refractivity contribution in [3.63, 3.8) is 0 Å². The molecule has 0 fully saturated rings. The Morgan fingerprint density at radius 3 is 0.923 bits per heavy atom. The quantitative estimate of drug-likeness (QED) is 0.143. The Bertz CT molecular complexity index is 1230. The molecule has 4 rings (SSSR count). The zero-order valence-electron chi connectivity index (χ0n) is 23.6. The lowest BCUT2D eigenvalue weighted by molar-refractivity contribution is 0.586. The van der Waals surface area contributed by atoms with Gasteiger partial charge >= 0.3 is 0 Å². The fourth-order valence-corrected chi connectivity index (χ4v) is 25.0. The lowest BCUT2D eigenvalue weighted by atomic mass is 10.4. The summed E-state index contributed by atoms with van der Waals surface area (Å²) in [4.78, 5) is 0. The van der Waals surface area contributed by atoms with E-state index in [1.165, 1.54) is 0 Å². The van der Waals surface area contributed by atoms with E-state index in [-0.39, 0.29) is 0 Å². The fourth-order valence-electron chi connectivity index (χ4n) is 5.40. The van der Waals surface area contributed by atoms with Crippen molar-refractivity contribution in [1.29, 1.82) is 0 Å². The predicted octanol–water partition coefficient (Wildman–Crippen LogP) is 7.01. The summed E-state index contributed by atoms with van der Waals surface area (Å²) in [6.07, 6.45) is 1.31. The summed E-state index contributed by atoms with van der Waals surface area (Å²) in [7, 11) is -9.32. The van der Waals surface area contributed by atoms with Gasteiger partial charge in [-0.1, -0.05) is 148 Å². The number of hydrogen-bond donors (Lipinski definition) is 1. The van der Waals surface area contributed by atoms with Crippen molar-refractivity contribution in [1.82, 2.24) is 4.65 Å². The molecule has 0 saturated carbocycles. The van der Waals surface area contributed by atoms with Crippen molar-refractivity contribution >= 4 is 52.0 Å². The van der Waals surface area contributed by atoms with Gasteiger partial charge in [-0.25, -0.2) is 0 Å². The summed E-state index contributed by atoms with van der Waals surface area (Å²) in [5, 5.41) is 3.74. The summed E-state index contributed by atoms with van der Waals surface area (Å²) in [6, 6.07) is 41.8. The van der Waals surface area contributed by atoms with Crippen LogP contribution in [-0.2, 0) is 9.13 Å². The third kappa shape index (κ3) is 7.48. The molecule has 0 bridgehead atoms. The first kappa shape index (κ1) is 29.7. The number of nitrogens with one attached hydrogen (secondary N) is 1. The predicted molar refractivity (Wildman–Crippen MR) is 177 cm³/mol. The molecule has 204 valence electrons. The Kier molecular flexibility index (Phi) is 9.52. The van der Waals surface area contributed by atoms with Gasteiger partial charge in [0.25, 0.3) is 0 Å². The average Bonchev–Trinajstić information content (AvgIpc) is 2.96. The lowest BCUT2D eigenvalue weighted by Gasteiger charge is -2.36. The number of benzene rings is 4. The van der Waals surface area contributed by atoms with E-state index in [1.807, 2.05) is 121 Å². The average molecular weight is 590 g/mol. The Balaban J connectivity index is 1.50. The standard InChI is InChI=1S/C32H41NO2P2Si2/c1-38(2,27-25-36(34,29-17-9-5-10-18-29)30-19-11-6-12-20-30)33-39(3,4)28-26-37(35,31-21-13-7-14-22-31)32-23-15-8-16-24-32/h5-24,33H,25-28H2,1-4H3. The van der Waals surface area contributed by atoms with E-state index in [1.54, 1.807) is 0 Å². The molecule has 0 atom stereocenters. The van der Waals surface area contributed by atoms with Crippen molar-refractivity contribution in [3.8, 4) is 0 Å². The van der Waals surface area contributed by atoms with Crippen molar-refractivity contribution in [2.75, 3.05) is 12.3 Å². The monoisotopic (exact) mass is 589 g/mol. The molecule has 3 nitrogen and oxygen atoms in total. The first-order valence-corrected chi connectivity index (χ1v) is 23.9. The van der Waals surface area contributed by atoms with E-state index >= 15 is 0 Å². The molecule has 0 saturated heterocycles. The molecule has 0 aliphatic heterocycles. The largest absolute Gasteiger partial charge is 0.359 e. The lowest BCUT2D eigenvalue weighted by Crippen LogP contribution is -2.59. The van der Waals surface area contributed by atoms with Gasteiger partial charge in [0.2, 0.25) is 0 Å². The molecule has 7 heteroatoms. The highest BCUT2D eigenvalue weighted by molar-refractivity contribution is 7.79. The van der Waals surface area contributed by atoms with Gasteiger partial charge in [-0.2, -0.15) is 0 Å². The van der Waals surface area contributed by atoms with E-state index in [0.29, 0.717) is 12.3 Å². The normalized spacial score (nSPS) is 12.8. The molecule has 1 N–H and O–H groups in total. The maximum Gasteiger partial charge on any atom is 0.143 e. The van der Waals surface area contributed by atoms with Crippen LogP contribution in [0.2, 0.25) is 38.3 Å². The molecule has 0 aromatic heterocycles. The molecule has 39 heavy (non-hydrogen) atoms. The highest BCUT2D eigenvalue weighted by Gasteiger charge is 2.37. The van der Waals surface area contributed by atoms with Gasteiger partial charge in [0.15, 0.2) is 0 Å². The Morgan fingerprint density at radius 1 is 0.462 bits per heavy atom. The fraction of sp³-hybridized carbons (Fsp3) is 0.250. The molecule has 0 amide bonds. The Labute approximate surface area is 237 Å². The van der Waals surface area contributed by atoms with Crippen LogP contribution in [0.25, 0.3) is 0 Å². The molecule has 0 unspecified atom stereocenters. The van der Waals surface area contributed by atoms with Crippen molar-refractivity contribution in [2.24, 2.45) is 0 Å². The van der Waals surface area contributed by atoms with Gasteiger partial charge in [-0.3, -0.25) is 0 Å². The molecular formula is C32H41NO2P2Si2. The molecule has 0 spiro atoms. The molecule has 0 heterocycles. The van der Waals surface area contributed by atoms with E-state index < -0.39 is 30.8 Å². The maximum atomic E-state index is 14.6. The van der Waals surface area contributed by atoms with Crippen LogP contribution >= 0.6 is 14.3 Å². The summed E-state index contributed by atoms with van der Waals surface area (Å²) < 4.78 is 33.3. The van der Waals surface area contributed by atoms with Crippen LogP contribution < -0.4 is 25.9 Å². The Morgan fingerprint density at radius 2 is 0.692 bits per heavy atom.